The number of rotatable bonds is 7. The minimum atomic E-state index is -3.83. The first-order chi connectivity index (χ1) is 22.6. The minimum Gasteiger partial charge on any atom is -0.384 e. The number of aryl methyl sites for hydroxylation is 1. The van der Waals surface area contributed by atoms with Gasteiger partial charge >= 0.3 is 5.92 Å². The number of amides is 2. The van der Waals surface area contributed by atoms with E-state index in [-0.39, 0.29) is 35.9 Å². The van der Waals surface area contributed by atoms with Crippen LogP contribution in [0.25, 0.3) is 0 Å². The summed E-state index contributed by atoms with van der Waals surface area (Å²) in [6.45, 7) is 9.12. The number of benzene rings is 1. The molecule has 262 valence electrons. The number of ether oxygens (including phenoxy) is 1. The summed E-state index contributed by atoms with van der Waals surface area (Å²) in [5.74, 6) is -3.87. The molecular weight excluding hydrogens is 625 g/mol. The van der Waals surface area contributed by atoms with Crippen molar-refractivity contribution in [3.8, 4) is 0 Å². The van der Waals surface area contributed by atoms with Crippen molar-refractivity contribution in [1.29, 1.82) is 0 Å². The Morgan fingerprint density at radius 3 is 2.44 bits per heavy atom. The molecule has 4 aliphatic rings. The molecule has 1 unspecified atom stereocenters. The van der Waals surface area contributed by atoms with E-state index in [1.807, 2.05) is 16.8 Å². The van der Waals surface area contributed by atoms with E-state index in [9.17, 15) is 14.7 Å². The Kier molecular flexibility index (Phi) is 9.27. The van der Waals surface area contributed by atoms with Crippen LogP contribution in [-0.4, -0.2) is 99.7 Å². The zero-order valence-electron chi connectivity index (χ0n) is 28.5. The van der Waals surface area contributed by atoms with Crippen molar-refractivity contribution in [3.63, 3.8) is 0 Å². The van der Waals surface area contributed by atoms with E-state index in [4.69, 9.17) is 14.7 Å². The highest BCUT2D eigenvalue weighted by molar-refractivity contribution is 5.91. The summed E-state index contributed by atoms with van der Waals surface area (Å²) >= 11 is 0. The van der Waals surface area contributed by atoms with Crippen LogP contribution < -0.4 is 5.32 Å². The van der Waals surface area contributed by atoms with Crippen LogP contribution in [0.1, 0.15) is 87.1 Å². The summed E-state index contributed by atoms with van der Waals surface area (Å²) in [6.07, 6.45) is 3.36. The average molecular weight is 673 g/mol. The summed E-state index contributed by atoms with van der Waals surface area (Å²) < 4.78 is 51.4. The lowest BCUT2D eigenvalue weighted by molar-refractivity contribution is -0.170. The van der Waals surface area contributed by atoms with Gasteiger partial charge < -0.3 is 29.9 Å². The molecule has 1 aromatic heterocycles. The molecule has 3 saturated heterocycles. The van der Waals surface area contributed by atoms with E-state index in [1.165, 1.54) is 12.1 Å². The molecule has 3 fully saturated rings. The van der Waals surface area contributed by atoms with Gasteiger partial charge in [0.1, 0.15) is 28.5 Å². The monoisotopic (exact) mass is 672 g/mol. The van der Waals surface area contributed by atoms with Crippen LogP contribution >= 0.6 is 0 Å². The van der Waals surface area contributed by atoms with E-state index < -0.39 is 34.4 Å². The van der Waals surface area contributed by atoms with Crippen molar-refractivity contribution < 1.29 is 32.6 Å². The third kappa shape index (κ3) is 6.06. The van der Waals surface area contributed by atoms with Gasteiger partial charge in [-0.3, -0.25) is 9.59 Å². The van der Waals surface area contributed by atoms with Crippen molar-refractivity contribution in [2.24, 2.45) is 5.92 Å². The highest BCUT2D eigenvalue weighted by Gasteiger charge is 2.54. The number of alkyl halides is 2. The Morgan fingerprint density at radius 2 is 1.81 bits per heavy atom. The summed E-state index contributed by atoms with van der Waals surface area (Å²) in [5.41, 5.74) is -2.84. The number of hydrogen-bond donors (Lipinski definition) is 2. The van der Waals surface area contributed by atoms with Gasteiger partial charge in [-0.15, -0.1) is 0 Å². The molecule has 1 aromatic carbocycles. The second-order valence-electron chi connectivity index (χ2n) is 14.6. The Balaban J connectivity index is 1.30. The second-order valence-corrected chi connectivity index (χ2v) is 14.6. The number of nitrogens with zero attached hydrogens (tertiary/aromatic N) is 5. The van der Waals surface area contributed by atoms with Crippen LogP contribution in [0.5, 0.6) is 0 Å². The first kappa shape index (κ1) is 34.6. The number of likely N-dealkylation sites (N-methyl/N-ethyl adjacent to an activating group) is 1. The van der Waals surface area contributed by atoms with Gasteiger partial charge in [0.25, 0.3) is 0 Å². The van der Waals surface area contributed by atoms with Gasteiger partial charge in [-0.05, 0) is 79.5 Å². The number of hydrogen-bond acceptors (Lipinski definition) is 8. The van der Waals surface area contributed by atoms with Gasteiger partial charge in [0.15, 0.2) is 0 Å². The van der Waals surface area contributed by atoms with Crippen LogP contribution in [0.2, 0.25) is 0 Å². The van der Waals surface area contributed by atoms with Crippen LogP contribution in [0.3, 0.4) is 0 Å². The smallest absolute Gasteiger partial charge is 0.303 e. The van der Waals surface area contributed by atoms with Crippen molar-refractivity contribution in [2.45, 2.75) is 95.4 Å². The molecule has 4 aliphatic heterocycles. The normalized spacial score (nSPS) is 23.9. The number of carbonyl (C=O) groups excluding carboxylic acids is 2. The quantitative estimate of drug-likeness (QED) is 0.449. The minimum absolute atomic E-state index is 0.00191. The molecule has 2 amide bonds. The number of likely N-dealkylation sites (tertiary alicyclic amines) is 2. The van der Waals surface area contributed by atoms with Crippen LogP contribution in [0.4, 0.5) is 19.0 Å². The van der Waals surface area contributed by atoms with E-state index in [0.29, 0.717) is 76.0 Å². The number of carbonyl (C=O) groups is 2. The number of aliphatic hydroxyl groups is 1. The maximum Gasteiger partial charge on any atom is 0.303 e. The number of anilines is 1. The predicted molar refractivity (Wildman–Crippen MR) is 173 cm³/mol. The van der Waals surface area contributed by atoms with Crippen LogP contribution in [0, 0.1) is 18.7 Å². The summed E-state index contributed by atoms with van der Waals surface area (Å²) in [5, 5.41) is 13.4. The number of nitrogens with one attached hydrogen (secondary N) is 1. The fraction of sp³-hybridized carbons (Fsp3) is 0.657. The summed E-state index contributed by atoms with van der Waals surface area (Å²) in [6, 6.07) is 2.92. The number of aromatic nitrogens is 2. The predicted octanol–water partition coefficient (Wildman–Crippen LogP) is 4.29. The molecule has 2 N–H and O–H groups in total. The topological polar surface area (TPSA) is 111 Å². The lowest BCUT2D eigenvalue weighted by atomic mass is 9.75. The van der Waals surface area contributed by atoms with Gasteiger partial charge in [-0.2, -0.15) is 8.78 Å². The first-order valence-electron chi connectivity index (χ1n) is 17.0. The van der Waals surface area contributed by atoms with Crippen LogP contribution in [-0.2, 0) is 32.2 Å². The molecule has 2 atom stereocenters. The number of fused-ring (bicyclic) bond motifs is 2. The standard InChI is InChI=1S/C35H47F3N6O4/c1-21(25-7-6-8-27(28(25)36)35(37,38)33(3,4)47)39-30-26-19-44(24-9-14-43(15-10-24)31(45)23-11-17-48-18-12-23)32(46)34(13-16-42(5)20-34)29(26)40-22(2)41-30/h6-8,21,23-24,47H,9-20H2,1-5H3,(H,39,40,41)/t21-,34?/m1/s1. The van der Waals surface area contributed by atoms with E-state index in [1.54, 1.807) is 13.8 Å². The third-order valence-electron chi connectivity index (χ3n) is 10.8. The fourth-order valence-corrected chi connectivity index (χ4v) is 7.88. The van der Waals surface area contributed by atoms with Crippen molar-refractivity contribution in [1.82, 2.24) is 24.7 Å². The average Bonchev–Trinajstić information content (AvgIpc) is 3.45. The molecule has 6 rings (SSSR count). The van der Waals surface area contributed by atoms with Crippen molar-refractivity contribution in [3.05, 3.63) is 52.2 Å². The Morgan fingerprint density at radius 1 is 1.12 bits per heavy atom. The zero-order valence-corrected chi connectivity index (χ0v) is 28.5. The van der Waals surface area contributed by atoms with Gasteiger partial charge in [-0.1, -0.05) is 12.1 Å². The Labute approximate surface area is 280 Å². The van der Waals surface area contributed by atoms with Crippen molar-refractivity contribution >= 4 is 17.6 Å². The lowest BCUT2D eigenvalue weighted by Gasteiger charge is -2.46. The fourth-order valence-electron chi connectivity index (χ4n) is 7.88. The first-order valence-corrected chi connectivity index (χ1v) is 17.0. The molecular formula is C35H47F3N6O4. The van der Waals surface area contributed by atoms with Gasteiger partial charge in [0.05, 0.1) is 23.8 Å². The molecule has 1 spiro atoms. The highest BCUT2D eigenvalue weighted by atomic mass is 19.3. The van der Waals surface area contributed by atoms with Crippen LogP contribution in [0.15, 0.2) is 18.2 Å². The lowest BCUT2D eigenvalue weighted by Crippen LogP contribution is -2.58. The molecule has 0 aliphatic carbocycles. The molecule has 0 saturated carbocycles. The Hall–Kier alpha value is -3.29. The van der Waals surface area contributed by atoms with E-state index in [0.717, 1.165) is 38.3 Å². The molecule has 10 nitrogen and oxygen atoms in total. The third-order valence-corrected chi connectivity index (χ3v) is 10.8. The maximum absolute atomic E-state index is 15.8. The number of halogens is 3. The largest absolute Gasteiger partial charge is 0.384 e. The molecule has 0 radical (unpaired) electrons. The summed E-state index contributed by atoms with van der Waals surface area (Å²) in [7, 11) is 1.98. The molecule has 2 aromatic rings. The van der Waals surface area contributed by atoms with E-state index >= 15 is 13.2 Å². The molecule has 13 heteroatoms. The maximum atomic E-state index is 15.8. The van der Waals surface area contributed by atoms with Gasteiger partial charge in [0.2, 0.25) is 11.8 Å². The number of piperidine rings is 1. The van der Waals surface area contributed by atoms with Gasteiger partial charge in [0, 0.05) is 55.9 Å². The molecule has 48 heavy (non-hydrogen) atoms. The molecule has 0 bridgehead atoms. The molecule has 5 heterocycles. The SMILES string of the molecule is Cc1nc(N[C@H](C)c2cccc(C(F)(F)C(C)(C)O)c2F)c2c(n1)C1(CCN(C)C1)C(=O)N(C1CCN(C(=O)C3CCOCC3)CC1)C2. The Bertz CT molecular complexity index is 1550. The zero-order chi connectivity index (χ0) is 34.6. The van der Waals surface area contributed by atoms with Crippen molar-refractivity contribution in [2.75, 3.05) is 51.8 Å². The summed E-state index contributed by atoms with van der Waals surface area (Å²) in [4.78, 5) is 43.3. The van der Waals surface area contributed by atoms with E-state index in [2.05, 4.69) is 10.2 Å². The highest BCUT2D eigenvalue weighted by Crippen LogP contribution is 2.45. The second kappa shape index (κ2) is 12.9. The van der Waals surface area contributed by atoms with Gasteiger partial charge in [-0.25, -0.2) is 14.4 Å².